The first-order valence-corrected chi connectivity index (χ1v) is 8.26. The number of hydrogen-bond acceptors (Lipinski definition) is 2. The predicted octanol–water partition coefficient (Wildman–Crippen LogP) is 4.77. The fourth-order valence-corrected chi connectivity index (χ4v) is 3.56. The summed E-state index contributed by atoms with van der Waals surface area (Å²) < 4.78 is 0. The van der Waals surface area contributed by atoms with E-state index in [0.29, 0.717) is 0 Å². The van der Waals surface area contributed by atoms with Crippen LogP contribution in [0.2, 0.25) is 0 Å². The Kier molecular flexibility index (Phi) is 5.58. The fraction of sp³-hybridized carbons (Fsp3) is 0.625. The highest BCUT2D eigenvalue weighted by Crippen LogP contribution is 2.31. The van der Waals surface area contributed by atoms with Crippen LogP contribution in [0.15, 0.2) is 29.2 Å². The average Bonchev–Trinajstić information content (AvgIpc) is 2.41. The minimum atomic E-state index is 0.230. The molecule has 0 aliphatic heterocycles. The second kappa shape index (κ2) is 7.20. The van der Waals surface area contributed by atoms with Gasteiger partial charge in [-0.15, -0.1) is 11.8 Å². The molecule has 1 nitrogen and oxygen atoms in total. The number of benzene rings is 1. The maximum atomic E-state index is 6.34. The van der Waals surface area contributed by atoms with E-state index in [9.17, 15) is 0 Å². The van der Waals surface area contributed by atoms with Gasteiger partial charge < -0.3 is 5.73 Å². The summed E-state index contributed by atoms with van der Waals surface area (Å²) in [6.07, 6.45) is 8.18. The zero-order valence-electron chi connectivity index (χ0n) is 11.4. The van der Waals surface area contributed by atoms with Crippen molar-refractivity contribution in [2.75, 3.05) is 5.75 Å². The molecule has 2 rings (SSSR count). The zero-order chi connectivity index (χ0) is 12.8. The standard InChI is InChI=1S/C16H25NS/c1-2-18-15-10-8-14(9-11-15)16(17)12-13-6-4-3-5-7-13/h8-11,13,16H,2-7,12,17H2,1H3. The van der Waals surface area contributed by atoms with Crippen LogP contribution in [-0.2, 0) is 0 Å². The van der Waals surface area contributed by atoms with E-state index in [1.165, 1.54) is 49.0 Å². The summed E-state index contributed by atoms with van der Waals surface area (Å²) in [7, 11) is 0. The normalized spacial score (nSPS) is 18.8. The van der Waals surface area contributed by atoms with Crippen LogP contribution in [0, 0.1) is 5.92 Å². The fourth-order valence-electron chi connectivity index (χ4n) is 2.90. The van der Waals surface area contributed by atoms with Crippen molar-refractivity contribution >= 4 is 11.8 Å². The second-order valence-electron chi connectivity index (χ2n) is 5.35. The quantitative estimate of drug-likeness (QED) is 0.774. The van der Waals surface area contributed by atoms with Gasteiger partial charge in [0.15, 0.2) is 0 Å². The Balaban J connectivity index is 1.89. The van der Waals surface area contributed by atoms with E-state index >= 15 is 0 Å². The van der Waals surface area contributed by atoms with Crippen molar-refractivity contribution in [3.8, 4) is 0 Å². The number of rotatable bonds is 5. The first-order chi connectivity index (χ1) is 8.79. The van der Waals surface area contributed by atoms with Gasteiger partial charge in [0.25, 0.3) is 0 Å². The molecule has 1 atom stereocenters. The summed E-state index contributed by atoms with van der Waals surface area (Å²) in [5.41, 5.74) is 7.65. The molecule has 0 bridgehead atoms. The van der Waals surface area contributed by atoms with Crippen LogP contribution in [0.5, 0.6) is 0 Å². The topological polar surface area (TPSA) is 26.0 Å². The van der Waals surface area contributed by atoms with Gasteiger partial charge in [0, 0.05) is 10.9 Å². The third-order valence-electron chi connectivity index (χ3n) is 3.93. The molecule has 0 radical (unpaired) electrons. The number of hydrogen-bond donors (Lipinski definition) is 1. The van der Waals surface area contributed by atoms with Gasteiger partial charge in [0.05, 0.1) is 0 Å². The van der Waals surface area contributed by atoms with Gasteiger partial charge in [-0.25, -0.2) is 0 Å². The molecule has 2 heteroatoms. The first kappa shape index (κ1) is 14.0. The first-order valence-electron chi connectivity index (χ1n) is 7.28. The van der Waals surface area contributed by atoms with Crippen LogP contribution >= 0.6 is 11.8 Å². The molecule has 1 aliphatic rings. The molecule has 1 saturated carbocycles. The van der Waals surface area contributed by atoms with Crippen LogP contribution in [0.25, 0.3) is 0 Å². The van der Waals surface area contributed by atoms with E-state index in [1.54, 1.807) is 0 Å². The van der Waals surface area contributed by atoms with Crippen molar-refractivity contribution in [2.24, 2.45) is 11.7 Å². The minimum Gasteiger partial charge on any atom is -0.324 e. The number of thioether (sulfide) groups is 1. The lowest BCUT2D eigenvalue weighted by atomic mass is 9.83. The highest BCUT2D eigenvalue weighted by atomic mass is 32.2. The molecule has 0 spiro atoms. The highest BCUT2D eigenvalue weighted by molar-refractivity contribution is 7.99. The van der Waals surface area contributed by atoms with Crippen molar-refractivity contribution in [2.45, 2.75) is 56.4 Å². The third kappa shape index (κ3) is 4.03. The van der Waals surface area contributed by atoms with Crippen LogP contribution < -0.4 is 5.73 Å². The Hall–Kier alpha value is -0.470. The van der Waals surface area contributed by atoms with Gasteiger partial charge in [-0.2, -0.15) is 0 Å². The molecule has 18 heavy (non-hydrogen) atoms. The molecule has 1 aromatic carbocycles. The summed E-state index contributed by atoms with van der Waals surface area (Å²) in [5, 5.41) is 0. The molecule has 2 N–H and O–H groups in total. The van der Waals surface area contributed by atoms with Gasteiger partial charge >= 0.3 is 0 Å². The van der Waals surface area contributed by atoms with Crippen LogP contribution in [-0.4, -0.2) is 5.75 Å². The number of nitrogens with two attached hydrogens (primary N) is 1. The largest absolute Gasteiger partial charge is 0.324 e. The van der Waals surface area contributed by atoms with Crippen LogP contribution in [0.4, 0.5) is 0 Å². The molecule has 0 saturated heterocycles. The average molecular weight is 263 g/mol. The Labute approximate surface area is 116 Å². The Bertz CT molecular complexity index is 341. The zero-order valence-corrected chi connectivity index (χ0v) is 12.2. The molecule has 0 amide bonds. The summed E-state index contributed by atoms with van der Waals surface area (Å²) in [5.74, 6) is 1.99. The lowest BCUT2D eigenvalue weighted by molar-refractivity contribution is 0.319. The van der Waals surface area contributed by atoms with E-state index in [2.05, 4.69) is 31.2 Å². The van der Waals surface area contributed by atoms with E-state index in [0.717, 1.165) is 11.7 Å². The third-order valence-corrected chi connectivity index (χ3v) is 4.83. The van der Waals surface area contributed by atoms with Crippen LogP contribution in [0.3, 0.4) is 0 Å². The molecule has 0 heterocycles. The van der Waals surface area contributed by atoms with Gasteiger partial charge in [-0.3, -0.25) is 0 Å². The van der Waals surface area contributed by atoms with Gasteiger partial charge in [0.1, 0.15) is 0 Å². The van der Waals surface area contributed by atoms with E-state index < -0.39 is 0 Å². The van der Waals surface area contributed by atoms with E-state index in [-0.39, 0.29) is 6.04 Å². The van der Waals surface area contributed by atoms with Gasteiger partial charge in [-0.05, 0) is 35.8 Å². The van der Waals surface area contributed by atoms with Crippen molar-refractivity contribution in [1.82, 2.24) is 0 Å². The molecule has 1 fully saturated rings. The van der Waals surface area contributed by atoms with Crippen molar-refractivity contribution in [3.05, 3.63) is 29.8 Å². The molecular formula is C16H25NS. The summed E-state index contributed by atoms with van der Waals surface area (Å²) in [6, 6.07) is 9.08. The molecule has 100 valence electrons. The SMILES string of the molecule is CCSc1ccc(C(N)CC2CCCCC2)cc1. The second-order valence-corrected chi connectivity index (χ2v) is 6.69. The Morgan fingerprint density at radius 1 is 1.17 bits per heavy atom. The monoisotopic (exact) mass is 263 g/mol. The minimum absolute atomic E-state index is 0.230. The van der Waals surface area contributed by atoms with Crippen molar-refractivity contribution in [1.29, 1.82) is 0 Å². The summed E-state index contributed by atoms with van der Waals surface area (Å²) in [4.78, 5) is 1.35. The Morgan fingerprint density at radius 2 is 1.83 bits per heavy atom. The van der Waals surface area contributed by atoms with Gasteiger partial charge in [-0.1, -0.05) is 51.2 Å². The van der Waals surface area contributed by atoms with Crippen molar-refractivity contribution < 1.29 is 0 Å². The van der Waals surface area contributed by atoms with Gasteiger partial charge in [0.2, 0.25) is 0 Å². The predicted molar refractivity (Wildman–Crippen MR) is 81.0 cm³/mol. The molecular weight excluding hydrogens is 238 g/mol. The van der Waals surface area contributed by atoms with E-state index in [1.807, 2.05) is 11.8 Å². The molecule has 1 aliphatic carbocycles. The summed E-state index contributed by atoms with van der Waals surface area (Å²) >= 11 is 1.89. The summed E-state index contributed by atoms with van der Waals surface area (Å²) in [6.45, 7) is 2.19. The maximum absolute atomic E-state index is 6.34. The maximum Gasteiger partial charge on any atom is 0.0297 e. The highest BCUT2D eigenvalue weighted by Gasteiger charge is 2.17. The Morgan fingerprint density at radius 3 is 2.44 bits per heavy atom. The van der Waals surface area contributed by atoms with Crippen molar-refractivity contribution in [3.63, 3.8) is 0 Å². The lowest BCUT2D eigenvalue weighted by Gasteiger charge is -2.24. The smallest absolute Gasteiger partial charge is 0.0297 e. The molecule has 1 aromatic rings. The van der Waals surface area contributed by atoms with Crippen LogP contribution in [0.1, 0.15) is 57.1 Å². The molecule has 1 unspecified atom stereocenters. The molecule has 0 aromatic heterocycles. The lowest BCUT2D eigenvalue weighted by Crippen LogP contribution is -2.17. The van der Waals surface area contributed by atoms with E-state index in [4.69, 9.17) is 5.73 Å².